The van der Waals surface area contributed by atoms with Crippen molar-refractivity contribution in [3.63, 3.8) is 0 Å². The van der Waals surface area contributed by atoms with Gasteiger partial charge in [0.2, 0.25) is 0 Å². The van der Waals surface area contributed by atoms with Crippen LogP contribution in [0.1, 0.15) is 11.7 Å². The molecule has 4 nitrogen and oxygen atoms in total. The fourth-order valence-corrected chi connectivity index (χ4v) is 1.10. The van der Waals surface area contributed by atoms with Gasteiger partial charge in [-0.1, -0.05) is 6.07 Å². The molecule has 0 heterocycles. The van der Waals surface area contributed by atoms with Crippen LogP contribution >= 0.6 is 0 Å². The summed E-state index contributed by atoms with van der Waals surface area (Å²) in [7, 11) is 0. The summed E-state index contributed by atoms with van der Waals surface area (Å²) in [4.78, 5) is 9.36. The van der Waals surface area contributed by atoms with Gasteiger partial charge in [0.1, 0.15) is 11.9 Å². The number of hydrogen-bond acceptors (Lipinski definition) is 3. The van der Waals surface area contributed by atoms with Gasteiger partial charge in [-0.2, -0.15) is 0 Å². The van der Waals surface area contributed by atoms with Crippen LogP contribution in [0.5, 0.6) is 0 Å². The van der Waals surface area contributed by atoms with E-state index >= 15 is 0 Å². The highest BCUT2D eigenvalue weighted by Gasteiger charge is 2.30. The minimum absolute atomic E-state index is 0.772. The second-order valence-corrected chi connectivity index (χ2v) is 2.71. The van der Waals surface area contributed by atoms with Crippen LogP contribution < -0.4 is 0 Å². The zero-order valence-corrected chi connectivity index (χ0v) is 7.23. The van der Waals surface area contributed by atoms with Crippen molar-refractivity contribution in [1.29, 1.82) is 0 Å². The van der Waals surface area contributed by atoms with Gasteiger partial charge in [0, 0.05) is 6.07 Å². The highest BCUT2D eigenvalue weighted by molar-refractivity contribution is 5.42. The van der Waals surface area contributed by atoms with Gasteiger partial charge < -0.3 is 5.11 Å². The van der Waals surface area contributed by atoms with Crippen molar-refractivity contribution in [3.05, 3.63) is 39.7 Å². The quantitative estimate of drug-likeness (QED) is 0.627. The van der Waals surface area contributed by atoms with E-state index in [1.807, 2.05) is 0 Å². The molecular formula is C8H6F3NO3. The molecule has 0 spiro atoms. The summed E-state index contributed by atoms with van der Waals surface area (Å²) in [6, 6.07) is 2.63. The number of alkyl halides is 2. The Morgan fingerprint density at radius 1 is 1.40 bits per heavy atom. The normalized spacial score (nSPS) is 12.9. The van der Waals surface area contributed by atoms with Crippen molar-refractivity contribution >= 4 is 5.69 Å². The van der Waals surface area contributed by atoms with Crippen molar-refractivity contribution in [3.8, 4) is 0 Å². The van der Waals surface area contributed by atoms with E-state index in [9.17, 15) is 23.3 Å². The fraction of sp³-hybridized carbons (Fsp3) is 0.250. The molecule has 0 saturated heterocycles. The number of rotatable bonds is 3. The van der Waals surface area contributed by atoms with Crippen molar-refractivity contribution in [2.24, 2.45) is 0 Å². The molecule has 0 amide bonds. The van der Waals surface area contributed by atoms with E-state index in [0.717, 1.165) is 18.2 Å². The Hall–Kier alpha value is -1.63. The molecule has 0 aliphatic heterocycles. The third-order valence-electron chi connectivity index (χ3n) is 1.76. The summed E-state index contributed by atoms with van der Waals surface area (Å²) >= 11 is 0. The summed E-state index contributed by atoms with van der Waals surface area (Å²) in [5, 5.41) is 19.3. The van der Waals surface area contributed by atoms with Gasteiger partial charge in [-0.15, -0.1) is 0 Å². The molecule has 0 saturated carbocycles. The first kappa shape index (κ1) is 11.4. The number of nitro groups is 1. The molecule has 1 aromatic carbocycles. The molecule has 0 aromatic heterocycles. The van der Waals surface area contributed by atoms with Gasteiger partial charge in [0.05, 0.1) is 10.5 Å². The van der Waals surface area contributed by atoms with Crippen LogP contribution in [0.2, 0.25) is 0 Å². The number of aliphatic hydroxyl groups excluding tert-OH is 1. The Bertz CT molecular complexity index is 383. The summed E-state index contributed by atoms with van der Waals surface area (Å²) in [6.07, 6.45) is -5.77. The molecule has 1 unspecified atom stereocenters. The predicted molar refractivity (Wildman–Crippen MR) is 44.0 cm³/mol. The molecule has 1 N–H and O–H groups in total. The van der Waals surface area contributed by atoms with Gasteiger partial charge >= 0.3 is 0 Å². The first-order valence-corrected chi connectivity index (χ1v) is 3.84. The molecule has 0 bridgehead atoms. The topological polar surface area (TPSA) is 63.4 Å². The standard InChI is InChI=1S/C8H6F3NO3/c9-4-2-1-3-5(12(14)15)6(4)7(13)8(10)11/h1-3,7-8,13H. The molecule has 15 heavy (non-hydrogen) atoms. The van der Waals surface area contributed by atoms with Crippen LogP contribution in [0.3, 0.4) is 0 Å². The highest BCUT2D eigenvalue weighted by atomic mass is 19.3. The molecule has 1 atom stereocenters. The maximum atomic E-state index is 13.0. The van der Waals surface area contributed by atoms with Gasteiger partial charge in [-0.05, 0) is 6.07 Å². The smallest absolute Gasteiger partial charge is 0.278 e. The van der Waals surface area contributed by atoms with Gasteiger partial charge in [0.15, 0.2) is 0 Å². The van der Waals surface area contributed by atoms with E-state index in [4.69, 9.17) is 5.11 Å². The third-order valence-corrected chi connectivity index (χ3v) is 1.76. The lowest BCUT2D eigenvalue weighted by Gasteiger charge is -2.10. The van der Waals surface area contributed by atoms with Crippen LogP contribution in [-0.4, -0.2) is 16.5 Å². The molecular weight excluding hydrogens is 215 g/mol. The first-order chi connectivity index (χ1) is 6.95. The second kappa shape index (κ2) is 4.26. The highest BCUT2D eigenvalue weighted by Crippen LogP contribution is 2.31. The lowest BCUT2D eigenvalue weighted by Crippen LogP contribution is -2.12. The van der Waals surface area contributed by atoms with Gasteiger partial charge in [-0.25, -0.2) is 13.2 Å². The van der Waals surface area contributed by atoms with Crippen LogP contribution in [0.4, 0.5) is 18.9 Å². The number of aliphatic hydroxyl groups is 1. The third kappa shape index (κ3) is 2.24. The van der Waals surface area contributed by atoms with Crippen LogP contribution in [0, 0.1) is 15.9 Å². The lowest BCUT2D eigenvalue weighted by atomic mass is 10.1. The van der Waals surface area contributed by atoms with Gasteiger partial charge in [0.25, 0.3) is 12.1 Å². The maximum absolute atomic E-state index is 13.0. The monoisotopic (exact) mass is 221 g/mol. The van der Waals surface area contributed by atoms with Crippen molar-refractivity contribution in [2.45, 2.75) is 12.5 Å². The molecule has 0 aliphatic carbocycles. The Morgan fingerprint density at radius 2 is 2.00 bits per heavy atom. The van der Waals surface area contributed by atoms with E-state index in [2.05, 4.69) is 0 Å². The SMILES string of the molecule is O=[N+]([O-])c1cccc(F)c1C(O)C(F)F. The van der Waals surface area contributed by atoms with Crippen molar-refractivity contribution in [2.75, 3.05) is 0 Å². The molecule has 7 heteroatoms. The number of hydrogen-bond donors (Lipinski definition) is 1. The zero-order valence-electron chi connectivity index (χ0n) is 7.23. The number of nitrogens with zero attached hydrogens (tertiary/aromatic N) is 1. The number of halogens is 3. The van der Waals surface area contributed by atoms with Crippen molar-refractivity contribution < 1.29 is 23.2 Å². The summed E-state index contributed by atoms with van der Waals surface area (Å²) < 4.78 is 37.2. The average Bonchev–Trinajstić information content (AvgIpc) is 2.16. The molecule has 0 radical (unpaired) electrons. The maximum Gasteiger partial charge on any atom is 0.278 e. The summed E-state index contributed by atoms with van der Waals surface area (Å²) in [5.41, 5.74) is -1.85. The van der Waals surface area contributed by atoms with Crippen LogP contribution in [0.25, 0.3) is 0 Å². The van der Waals surface area contributed by atoms with Gasteiger partial charge in [-0.3, -0.25) is 10.1 Å². The lowest BCUT2D eigenvalue weighted by molar-refractivity contribution is -0.386. The Labute approximate surface area is 82.1 Å². The van der Waals surface area contributed by atoms with E-state index < -0.39 is 34.5 Å². The molecule has 0 aliphatic rings. The number of benzene rings is 1. The van der Waals surface area contributed by atoms with E-state index in [-0.39, 0.29) is 0 Å². The minimum Gasteiger partial charge on any atom is -0.382 e. The van der Waals surface area contributed by atoms with Crippen molar-refractivity contribution in [1.82, 2.24) is 0 Å². The molecule has 0 fully saturated rings. The van der Waals surface area contributed by atoms with Crippen LogP contribution in [-0.2, 0) is 0 Å². The molecule has 1 aromatic rings. The fourth-order valence-electron chi connectivity index (χ4n) is 1.10. The summed E-state index contributed by atoms with van der Waals surface area (Å²) in [6.45, 7) is 0. The largest absolute Gasteiger partial charge is 0.382 e. The second-order valence-electron chi connectivity index (χ2n) is 2.71. The molecule has 1 rings (SSSR count). The van der Waals surface area contributed by atoms with E-state index in [1.54, 1.807) is 0 Å². The Morgan fingerprint density at radius 3 is 2.47 bits per heavy atom. The van der Waals surface area contributed by atoms with E-state index in [1.165, 1.54) is 0 Å². The average molecular weight is 221 g/mol. The van der Waals surface area contributed by atoms with Crippen LogP contribution in [0.15, 0.2) is 18.2 Å². The zero-order chi connectivity index (χ0) is 11.6. The van der Waals surface area contributed by atoms with E-state index in [0.29, 0.717) is 0 Å². The number of nitro benzene ring substituents is 1. The first-order valence-electron chi connectivity index (χ1n) is 3.84. The minimum atomic E-state index is -3.28. The predicted octanol–water partition coefficient (Wildman–Crippen LogP) is 2.03. The summed E-state index contributed by atoms with van der Waals surface area (Å²) in [5.74, 6) is -1.22. The Balaban J connectivity index is 3.30. The molecule has 82 valence electrons. The Kier molecular flexibility index (Phi) is 3.25.